The average molecular weight is 346 g/mol. The molecule has 0 radical (unpaired) electrons. The smallest absolute Gasteiger partial charge is 0.317 e. The molecule has 2 aliphatic carbocycles. The Kier molecular flexibility index (Phi) is 2.47. The number of fused-ring (bicyclic) bond motifs is 1. The molecule has 3 rings (SSSR count). The van der Waals surface area contributed by atoms with Crippen molar-refractivity contribution < 1.29 is 14.3 Å². The van der Waals surface area contributed by atoms with Crippen LogP contribution in [0.4, 0.5) is 4.39 Å². The Morgan fingerprint density at radius 3 is 2.82 bits per heavy atom. The van der Waals surface area contributed by atoms with Crippen LogP contribution in [-0.4, -0.2) is 15.0 Å². The van der Waals surface area contributed by atoms with Gasteiger partial charge in [0.1, 0.15) is 9.74 Å². The van der Waals surface area contributed by atoms with Gasteiger partial charge in [-0.05, 0) is 47.9 Å². The Labute approximate surface area is 112 Å². The van der Waals surface area contributed by atoms with Gasteiger partial charge in [-0.15, -0.1) is 0 Å². The first-order valence-corrected chi connectivity index (χ1v) is 6.93. The van der Waals surface area contributed by atoms with Crippen LogP contribution in [0.2, 0.25) is 0 Å². The van der Waals surface area contributed by atoms with Crippen LogP contribution >= 0.6 is 22.6 Å². The molecule has 0 bridgehead atoms. The van der Waals surface area contributed by atoms with E-state index in [1.54, 1.807) is 12.1 Å². The quantitative estimate of drug-likeness (QED) is 0.660. The van der Waals surface area contributed by atoms with Crippen molar-refractivity contribution in [1.82, 2.24) is 0 Å². The van der Waals surface area contributed by atoms with E-state index in [2.05, 4.69) is 0 Å². The summed E-state index contributed by atoms with van der Waals surface area (Å²) in [7, 11) is 0. The van der Waals surface area contributed by atoms with Gasteiger partial charge in [0.25, 0.3) is 0 Å². The summed E-state index contributed by atoms with van der Waals surface area (Å²) < 4.78 is 12.8. The number of rotatable bonds is 2. The van der Waals surface area contributed by atoms with Gasteiger partial charge in [0.2, 0.25) is 0 Å². The van der Waals surface area contributed by atoms with E-state index < -0.39 is 9.89 Å². The second-order valence-electron chi connectivity index (χ2n) is 5.10. The maximum Gasteiger partial charge on any atom is 0.317 e. The highest BCUT2D eigenvalue weighted by atomic mass is 127. The molecule has 1 spiro atoms. The zero-order valence-corrected chi connectivity index (χ0v) is 11.3. The molecule has 0 aliphatic heterocycles. The van der Waals surface area contributed by atoms with Crippen LogP contribution in [0.25, 0.3) is 0 Å². The van der Waals surface area contributed by atoms with E-state index in [0.29, 0.717) is 0 Å². The molecule has 0 saturated heterocycles. The predicted octanol–water partition coefficient (Wildman–Crippen LogP) is 3.13. The monoisotopic (exact) mass is 346 g/mol. The van der Waals surface area contributed by atoms with Crippen LogP contribution in [0.5, 0.6) is 0 Å². The molecular formula is C13H12FIO2. The second-order valence-corrected chi connectivity index (χ2v) is 6.44. The van der Waals surface area contributed by atoms with Crippen molar-refractivity contribution in [1.29, 1.82) is 0 Å². The van der Waals surface area contributed by atoms with Crippen molar-refractivity contribution >= 4 is 28.6 Å². The summed E-state index contributed by atoms with van der Waals surface area (Å²) in [5, 5.41) is 9.20. The molecule has 2 atom stereocenters. The molecule has 1 unspecified atom stereocenters. The van der Waals surface area contributed by atoms with E-state index in [1.165, 1.54) is 6.07 Å². The fourth-order valence-corrected chi connectivity index (χ4v) is 4.26. The summed E-state index contributed by atoms with van der Waals surface area (Å²) in [6.45, 7) is 0. The number of carbonyl (C=O) groups is 1. The van der Waals surface area contributed by atoms with Crippen LogP contribution < -0.4 is 0 Å². The van der Waals surface area contributed by atoms with E-state index >= 15 is 0 Å². The Bertz CT molecular complexity index is 496. The zero-order valence-electron chi connectivity index (χ0n) is 9.12. The lowest BCUT2D eigenvalue weighted by Gasteiger charge is -2.22. The number of hydrogen-bond acceptors (Lipinski definition) is 1. The van der Waals surface area contributed by atoms with Crippen LogP contribution in [0, 0.1) is 11.2 Å². The first-order valence-electron chi connectivity index (χ1n) is 5.69. The largest absolute Gasteiger partial charge is 0.480 e. The molecule has 0 amide bonds. The minimum absolute atomic E-state index is 0.0520. The predicted molar refractivity (Wildman–Crippen MR) is 70.0 cm³/mol. The molecule has 4 heteroatoms. The van der Waals surface area contributed by atoms with E-state index in [0.717, 1.165) is 30.4 Å². The number of aliphatic carboxylic acids is 1. The van der Waals surface area contributed by atoms with Crippen molar-refractivity contribution in [2.45, 2.75) is 29.1 Å². The highest BCUT2D eigenvalue weighted by Gasteiger charge is 2.57. The van der Waals surface area contributed by atoms with E-state index in [4.69, 9.17) is 0 Å². The molecule has 17 heavy (non-hydrogen) atoms. The van der Waals surface area contributed by atoms with Gasteiger partial charge in [0, 0.05) is 5.92 Å². The first-order chi connectivity index (χ1) is 8.03. The molecule has 1 N–H and O–H groups in total. The van der Waals surface area contributed by atoms with E-state index in [-0.39, 0.29) is 17.2 Å². The van der Waals surface area contributed by atoms with Crippen molar-refractivity contribution in [2.24, 2.45) is 5.41 Å². The molecule has 90 valence electrons. The van der Waals surface area contributed by atoms with Gasteiger partial charge >= 0.3 is 5.97 Å². The number of halogens is 2. The Morgan fingerprint density at radius 1 is 1.53 bits per heavy atom. The highest BCUT2D eigenvalue weighted by molar-refractivity contribution is 14.1. The van der Waals surface area contributed by atoms with E-state index in [9.17, 15) is 14.3 Å². The third-order valence-corrected chi connectivity index (χ3v) is 5.32. The van der Waals surface area contributed by atoms with Crippen molar-refractivity contribution in [3.63, 3.8) is 0 Å². The Hall–Kier alpha value is -0.650. The van der Waals surface area contributed by atoms with Gasteiger partial charge in [-0.3, -0.25) is 4.79 Å². The standard InChI is InChI=1S/C13H12FIO2/c14-8-1-2-9-7(5-8)6-13(3-4-13)10(9)11(15)12(16)17/h1-2,5,10-11H,3-4,6H2,(H,16,17)/t10?,11-/m1/s1. The molecule has 1 aromatic rings. The fraction of sp³-hybridized carbons (Fsp3) is 0.462. The third-order valence-electron chi connectivity index (χ3n) is 4.06. The number of carboxylic acids is 1. The Balaban J connectivity index is 2.06. The van der Waals surface area contributed by atoms with Crippen LogP contribution in [0.1, 0.15) is 29.9 Å². The van der Waals surface area contributed by atoms with Crippen molar-refractivity contribution in [3.8, 4) is 0 Å². The van der Waals surface area contributed by atoms with Gasteiger partial charge < -0.3 is 5.11 Å². The minimum atomic E-state index is -0.765. The lowest BCUT2D eigenvalue weighted by Crippen LogP contribution is -2.26. The Morgan fingerprint density at radius 2 is 2.24 bits per heavy atom. The number of benzene rings is 1. The van der Waals surface area contributed by atoms with Gasteiger partial charge in [-0.2, -0.15) is 0 Å². The molecule has 0 aromatic heterocycles. The van der Waals surface area contributed by atoms with Crippen LogP contribution in [-0.2, 0) is 11.2 Å². The number of hydrogen-bond donors (Lipinski definition) is 1. The lowest BCUT2D eigenvalue weighted by atomic mass is 9.87. The highest BCUT2D eigenvalue weighted by Crippen LogP contribution is 2.65. The van der Waals surface area contributed by atoms with Gasteiger partial charge in [-0.25, -0.2) is 4.39 Å². The molecular weight excluding hydrogens is 334 g/mol. The first kappa shape index (κ1) is 11.4. The van der Waals surface area contributed by atoms with Crippen molar-refractivity contribution in [2.75, 3.05) is 0 Å². The summed E-state index contributed by atoms with van der Waals surface area (Å²) in [6.07, 6.45) is 2.99. The fourth-order valence-electron chi connectivity index (χ4n) is 3.11. The molecule has 2 aliphatic rings. The summed E-state index contributed by atoms with van der Waals surface area (Å²) in [6, 6.07) is 4.79. The van der Waals surface area contributed by atoms with Crippen LogP contribution in [0.15, 0.2) is 18.2 Å². The summed E-state index contributed by atoms with van der Waals surface area (Å²) in [4.78, 5) is 11.2. The minimum Gasteiger partial charge on any atom is -0.480 e. The topological polar surface area (TPSA) is 37.3 Å². The summed E-state index contributed by atoms with van der Waals surface area (Å²) in [5.41, 5.74) is 2.17. The third kappa shape index (κ3) is 1.68. The molecule has 1 fully saturated rings. The van der Waals surface area contributed by atoms with Crippen molar-refractivity contribution in [3.05, 3.63) is 35.1 Å². The maximum atomic E-state index is 13.2. The normalized spacial score (nSPS) is 25.6. The molecule has 1 aromatic carbocycles. The average Bonchev–Trinajstić information content (AvgIpc) is 2.93. The lowest BCUT2D eigenvalue weighted by molar-refractivity contribution is -0.136. The van der Waals surface area contributed by atoms with Gasteiger partial charge in [-0.1, -0.05) is 28.7 Å². The summed E-state index contributed by atoms with van der Waals surface area (Å²) in [5.74, 6) is -0.934. The zero-order chi connectivity index (χ0) is 12.2. The maximum absolute atomic E-state index is 13.2. The van der Waals surface area contributed by atoms with Gasteiger partial charge in [0.05, 0.1) is 0 Å². The van der Waals surface area contributed by atoms with Crippen LogP contribution in [0.3, 0.4) is 0 Å². The number of alkyl halides is 1. The van der Waals surface area contributed by atoms with Gasteiger partial charge in [0.15, 0.2) is 0 Å². The summed E-state index contributed by atoms with van der Waals surface area (Å²) >= 11 is 2.01. The second kappa shape index (κ2) is 3.67. The number of carboxylic acid groups (broad SMARTS) is 1. The SMILES string of the molecule is O=C(O)[C@H](I)C1c2ccc(F)cc2CC12CC2. The molecule has 1 saturated carbocycles. The molecule has 0 heterocycles. The molecule has 2 nitrogen and oxygen atoms in total. The van der Waals surface area contributed by atoms with E-state index in [1.807, 2.05) is 22.6 Å².